The SMILES string of the molecule is CCOC1CCN(C(=O)Nc2ccnn2Cc2ccccn2)CC1. The van der Waals surface area contributed by atoms with E-state index in [0.717, 1.165) is 25.1 Å². The molecule has 0 saturated carbocycles. The van der Waals surface area contributed by atoms with Crippen molar-refractivity contribution in [3.8, 4) is 0 Å². The van der Waals surface area contributed by atoms with Crippen molar-refractivity contribution in [1.29, 1.82) is 0 Å². The molecule has 2 amide bonds. The van der Waals surface area contributed by atoms with E-state index in [2.05, 4.69) is 15.4 Å². The Balaban J connectivity index is 1.57. The summed E-state index contributed by atoms with van der Waals surface area (Å²) in [4.78, 5) is 18.6. The van der Waals surface area contributed by atoms with Gasteiger partial charge in [0, 0.05) is 32.0 Å². The highest BCUT2D eigenvalue weighted by atomic mass is 16.5. The fraction of sp³-hybridized carbons (Fsp3) is 0.471. The summed E-state index contributed by atoms with van der Waals surface area (Å²) in [6, 6.07) is 7.46. The van der Waals surface area contributed by atoms with Crippen LogP contribution in [-0.4, -0.2) is 51.5 Å². The molecule has 0 aliphatic carbocycles. The maximum Gasteiger partial charge on any atom is 0.323 e. The summed E-state index contributed by atoms with van der Waals surface area (Å²) in [5.41, 5.74) is 0.897. The van der Waals surface area contributed by atoms with Gasteiger partial charge in [0.05, 0.1) is 24.5 Å². The molecule has 24 heavy (non-hydrogen) atoms. The average Bonchev–Trinajstić information content (AvgIpc) is 3.03. The number of piperidine rings is 1. The van der Waals surface area contributed by atoms with Gasteiger partial charge in [-0.05, 0) is 31.9 Å². The Morgan fingerprint density at radius 3 is 2.83 bits per heavy atom. The Morgan fingerprint density at radius 2 is 2.12 bits per heavy atom. The third kappa shape index (κ3) is 4.11. The highest BCUT2D eigenvalue weighted by Gasteiger charge is 2.23. The van der Waals surface area contributed by atoms with Crippen molar-refractivity contribution in [2.75, 3.05) is 25.0 Å². The number of hydrogen-bond acceptors (Lipinski definition) is 4. The van der Waals surface area contributed by atoms with Gasteiger partial charge in [0.2, 0.25) is 0 Å². The topological polar surface area (TPSA) is 72.3 Å². The number of ether oxygens (including phenoxy) is 1. The van der Waals surface area contributed by atoms with Crippen LogP contribution in [0, 0.1) is 0 Å². The van der Waals surface area contributed by atoms with Crippen molar-refractivity contribution < 1.29 is 9.53 Å². The largest absolute Gasteiger partial charge is 0.378 e. The van der Waals surface area contributed by atoms with Crippen LogP contribution >= 0.6 is 0 Å². The van der Waals surface area contributed by atoms with Gasteiger partial charge < -0.3 is 9.64 Å². The normalized spacial score (nSPS) is 15.5. The molecule has 2 aromatic rings. The highest BCUT2D eigenvalue weighted by Crippen LogP contribution is 2.16. The molecule has 7 nitrogen and oxygen atoms in total. The molecule has 0 aromatic carbocycles. The van der Waals surface area contributed by atoms with E-state index in [9.17, 15) is 4.79 Å². The number of anilines is 1. The first-order valence-electron chi connectivity index (χ1n) is 8.35. The van der Waals surface area contributed by atoms with Gasteiger partial charge in [-0.25, -0.2) is 9.48 Å². The van der Waals surface area contributed by atoms with Crippen LogP contribution < -0.4 is 5.32 Å². The zero-order chi connectivity index (χ0) is 16.8. The van der Waals surface area contributed by atoms with Crippen molar-refractivity contribution in [3.63, 3.8) is 0 Å². The predicted molar refractivity (Wildman–Crippen MR) is 90.8 cm³/mol. The molecule has 1 saturated heterocycles. The minimum Gasteiger partial charge on any atom is -0.378 e. The summed E-state index contributed by atoms with van der Waals surface area (Å²) in [5.74, 6) is 0.678. The number of rotatable bonds is 5. The fourth-order valence-corrected chi connectivity index (χ4v) is 2.86. The maximum atomic E-state index is 12.5. The van der Waals surface area contributed by atoms with E-state index < -0.39 is 0 Å². The van der Waals surface area contributed by atoms with Gasteiger partial charge in [0.1, 0.15) is 5.82 Å². The van der Waals surface area contributed by atoms with Crippen LogP contribution in [0.15, 0.2) is 36.7 Å². The Morgan fingerprint density at radius 1 is 1.29 bits per heavy atom. The van der Waals surface area contributed by atoms with E-state index in [0.29, 0.717) is 25.5 Å². The monoisotopic (exact) mass is 329 g/mol. The standard InChI is InChI=1S/C17H23N5O2/c1-2-24-15-7-11-21(12-8-15)17(23)20-16-6-10-19-22(16)13-14-5-3-4-9-18-14/h3-6,9-10,15H,2,7-8,11-13H2,1H3,(H,20,23). The first-order chi connectivity index (χ1) is 11.8. The molecule has 0 spiro atoms. The lowest BCUT2D eigenvalue weighted by Gasteiger charge is -2.31. The molecule has 0 atom stereocenters. The van der Waals surface area contributed by atoms with Crippen molar-refractivity contribution in [2.24, 2.45) is 0 Å². The van der Waals surface area contributed by atoms with Gasteiger partial charge in [-0.1, -0.05) is 6.07 Å². The molecule has 0 radical (unpaired) electrons. The average molecular weight is 329 g/mol. The highest BCUT2D eigenvalue weighted by molar-refractivity contribution is 5.88. The van der Waals surface area contributed by atoms with Crippen molar-refractivity contribution in [1.82, 2.24) is 19.7 Å². The predicted octanol–water partition coefficient (Wildman–Crippen LogP) is 2.36. The summed E-state index contributed by atoms with van der Waals surface area (Å²) in [6.07, 6.45) is 5.47. The van der Waals surface area contributed by atoms with Gasteiger partial charge in [0.25, 0.3) is 0 Å². The van der Waals surface area contributed by atoms with E-state index in [4.69, 9.17) is 4.74 Å². The summed E-state index contributed by atoms with van der Waals surface area (Å²) in [7, 11) is 0. The number of likely N-dealkylation sites (tertiary alicyclic amines) is 1. The van der Waals surface area contributed by atoms with Gasteiger partial charge in [-0.3, -0.25) is 10.3 Å². The van der Waals surface area contributed by atoms with E-state index in [1.165, 1.54) is 0 Å². The van der Waals surface area contributed by atoms with Gasteiger partial charge in [-0.15, -0.1) is 0 Å². The third-order valence-electron chi connectivity index (χ3n) is 4.12. The van der Waals surface area contributed by atoms with Crippen LogP contribution in [0.3, 0.4) is 0 Å². The smallest absolute Gasteiger partial charge is 0.323 e. The van der Waals surface area contributed by atoms with E-state index >= 15 is 0 Å². The second kappa shape index (κ2) is 7.92. The molecule has 1 aliphatic rings. The molecule has 1 aliphatic heterocycles. The number of carbonyl (C=O) groups excluding carboxylic acids is 1. The van der Waals surface area contributed by atoms with Crippen LogP contribution in [0.25, 0.3) is 0 Å². The quantitative estimate of drug-likeness (QED) is 0.914. The Kier molecular flexibility index (Phi) is 5.43. The summed E-state index contributed by atoms with van der Waals surface area (Å²) in [6.45, 7) is 4.68. The Labute approximate surface area is 141 Å². The van der Waals surface area contributed by atoms with E-state index in [1.807, 2.05) is 30.0 Å². The number of hydrogen-bond donors (Lipinski definition) is 1. The molecule has 7 heteroatoms. The number of urea groups is 1. The Bertz CT molecular complexity index is 650. The van der Waals surface area contributed by atoms with Crippen LogP contribution in [0.4, 0.5) is 10.6 Å². The zero-order valence-corrected chi connectivity index (χ0v) is 13.9. The molecule has 128 valence electrons. The molecular weight excluding hydrogens is 306 g/mol. The lowest BCUT2D eigenvalue weighted by Crippen LogP contribution is -2.43. The summed E-state index contributed by atoms with van der Waals surface area (Å²) >= 11 is 0. The zero-order valence-electron chi connectivity index (χ0n) is 13.9. The van der Waals surface area contributed by atoms with E-state index in [1.54, 1.807) is 23.1 Å². The van der Waals surface area contributed by atoms with E-state index in [-0.39, 0.29) is 12.1 Å². The van der Waals surface area contributed by atoms with Crippen molar-refractivity contribution >= 4 is 11.8 Å². The van der Waals surface area contributed by atoms with Crippen molar-refractivity contribution in [3.05, 3.63) is 42.4 Å². The maximum absolute atomic E-state index is 12.5. The number of nitrogens with one attached hydrogen (secondary N) is 1. The number of pyridine rings is 1. The summed E-state index contributed by atoms with van der Waals surface area (Å²) in [5, 5.41) is 7.22. The van der Waals surface area contributed by atoms with Crippen LogP contribution in [0.2, 0.25) is 0 Å². The second-order valence-electron chi connectivity index (χ2n) is 5.77. The number of aromatic nitrogens is 3. The molecule has 3 rings (SSSR count). The Hall–Kier alpha value is -2.41. The van der Waals surface area contributed by atoms with Gasteiger partial charge in [0.15, 0.2) is 0 Å². The lowest BCUT2D eigenvalue weighted by atomic mass is 10.1. The molecule has 0 unspecified atom stereocenters. The molecule has 1 fully saturated rings. The van der Waals surface area contributed by atoms with Crippen molar-refractivity contribution in [2.45, 2.75) is 32.4 Å². The van der Waals surface area contributed by atoms with Crippen LogP contribution in [0.1, 0.15) is 25.5 Å². The summed E-state index contributed by atoms with van der Waals surface area (Å²) < 4.78 is 7.37. The molecule has 1 N–H and O–H groups in total. The van der Waals surface area contributed by atoms with Crippen LogP contribution in [0.5, 0.6) is 0 Å². The first-order valence-corrected chi connectivity index (χ1v) is 8.35. The lowest BCUT2D eigenvalue weighted by molar-refractivity contribution is 0.0232. The number of nitrogens with zero attached hydrogens (tertiary/aromatic N) is 4. The minimum absolute atomic E-state index is 0.0901. The molecule has 3 heterocycles. The number of carbonyl (C=O) groups is 1. The molecule has 0 bridgehead atoms. The fourth-order valence-electron chi connectivity index (χ4n) is 2.86. The molecular formula is C17H23N5O2. The van der Waals surface area contributed by atoms with Gasteiger partial charge in [-0.2, -0.15) is 5.10 Å². The second-order valence-corrected chi connectivity index (χ2v) is 5.77. The minimum atomic E-state index is -0.0901. The van der Waals surface area contributed by atoms with Crippen LogP contribution in [-0.2, 0) is 11.3 Å². The third-order valence-corrected chi connectivity index (χ3v) is 4.12. The number of amides is 2. The van der Waals surface area contributed by atoms with Gasteiger partial charge >= 0.3 is 6.03 Å². The molecule has 2 aromatic heterocycles. The first kappa shape index (κ1) is 16.4.